The summed E-state index contributed by atoms with van der Waals surface area (Å²) in [6, 6.07) is 6.21. The summed E-state index contributed by atoms with van der Waals surface area (Å²) in [5, 5.41) is 0.363. The van der Waals surface area contributed by atoms with Crippen molar-refractivity contribution in [2.75, 3.05) is 26.3 Å². The summed E-state index contributed by atoms with van der Waals surface area (Å²) in [7, 11) is 0. The molecule has 3 fully saturated rings. The van der Waals surface area contributed by atoms with Crippen LogP contribution in [0.1, 0.15) is 62.2 Å². The molecular formula is C24H31ClN2O5. The van der Waals surface area contributed by atoms with Crippen LogP contribution in [-0.2, 0) is 19.1 Å². The van der Waals surface area contributed by atoms with E-state index >= 15 is 0 Å². The van der Waals surface area contributed by atoms with Crippen LogP contribution in [0.15, 0.2) is 24.3 Å². The van der Waals surface area contributed by atoms with E-state index in [2.05, 4.69) is 0 Å². The minimum atomic E-state index is -0.773. The molecule has 1 aliphatic carbocycles. The Morgan fingerprint density at radius 1 is 1.16 bits per heavy atom. The first kappa shape index (κ1) is 23.1. The lowest BCUT2D eigenvalue weighted by molar-refractivity contribution is -0.152. The fourth-order valence-corrected chi connectivity index (χ4v) is 5.48. The van der Waals surface area contributed by atoms with Crippen LogP contribution in [0.4, 0.5) is 0 Å². The largest absolute Gasteiger partial charge is 0.466 e. The van der Waals surface area contributed by atoms with Gasteiger partial charge in [-0.05, 0) is 57.6 Å². The number of ether oxygens (including phenoxy) is 2. The molecule has 0 radical (unpaired) electrons. The Morgan fingerprint density at radius 2 is 1.91 bits per heavy atom. The molecule has 0 aromatic heterocycles. The smallest absolute Gasteiger partial charge is 0.310 e. The van der Waals surface area contributed by atoms with Crippen LogP contribution in [0.25, 0.3) is 0 Å². The summed E-state index contributed by atoms with van der Waals surface area (Å²) < 4.78 is 11.4. The van der Waals surface area contributed by atoms with Crippen LogP contribution in [0.3, 0.4) is 0 Å². The average molecular weight is 463 g/mol. The van der Waals surface area contributed by atoms with E-state index in [0.29, 0.717) is 49.5 Å². The van der Waals surface area contributed by atoms with Gasteiger partial charge in [0.15, 0.2) is 0 Å². The van der Waals surface area contributed by atoms with Gasteiger partial charge >= 0.3 is 5.97 Å². The number of hydrogen-bond donors (Lipinski definition) is 0. The van der Waals surface area contributed by atoms with E-state index in [0.717, 1.165) is 25.7 Å². The van der Waals surface area contributed by atoms with Gasteiger partial charge in [0, 0.05) is 13.1 Å². The van der Waals surface area contributed by atoms with E-state index in [1.165, 1.54) is 0 Å². The molecule has 1 spiro atoms. The van der Waals surface area contributed by atoms with Gasteiger partial charge in [0.25, 0.3) is 5.91 Å². The predicted molar refractivity (Wildman–Crippen MR) is 119 cm³/mol. The number of benzene rings is 1. The number of carbonyl (C=O) groups is 3. The SMILES string of the molecule is CCOC(=O)C1CCCN(C(=O)C2COC3(CCCCC3)N2C(=O)c2ccccc2Cl)C1. The number of nitrogens with zero attached hydrogens (tertiary/aromatic N) is 2. The van der Waals surface area contributed by atoms with Gasteiger partial charge in [-0.25, -0.2) is 0 Å². The second-order valence-corrected chi connectivity index (χ2v) is 9.27. The van der Waals surface area contributed by atoms with E-state index in [9.17, 15) is 14.4 Å². The van der Waals surface area contributed by atoms with Gasteiger partial charge in [-0.3, -0.25) is 19.3 Å². The molecule has 7 nitrogen and oxygen atoms in total. The van der Waals surface area contributed by atoms with E-state index in [4.69, 9.17) is 21.1 Å². The summed E-state index contributed by atoms with van der Waals surface area (Å²) in [4.78, 5) is 43.0. The highest BCUT2D eigenvalue weighted by atomic mass is 35.5. The number of hydrogen-bond acceptors (Lipinski definition) is 5. The number of carbonyl (C=O) groups excluding carboxylic acids is 3. The number of likely N-dealkylation sites (tertiary alicyclic amines) is 1. The minimum absolute atomic E-state index is 0.162. The van der Waals surface area contributed by atoms with Crippen LogP contribution < -0.4 is 0 Å². The van der Waals surface area contributed by atoms with Crippen molar-refractivity contribution in [1.82, 2.24) is 9.80 Å². The number of amides is 2. The topological polar surface area (TPSA) is 76.2 Å². The van der Waals surface area contributed by atoms with Crippen molar-refractivity contribution >= 4 is 29.4 Å². The molecule has 174 valence electrons. The fraction of sp³-hybridized carbons (Fsp3) is 0.625. The van der Waals surface area contributed by atoms with Gasteiger partial charge in [-0.2, -0.15) is 0 Å². The molecule has 0 bridgehead atoms. The third-order valence-corrected chi connectivity index (χ3v) is 7.19. The maximum absolute atomic E-state index is 13.7. The number of esters is 1. The lowest BCUT2D eigenvalue weighted by atomic mass is 9.89. The lowest BCUT2D eigenvalue weighted by Crippen LogP contribution is -2.58. The second kappa shape index (κ2) is 9.79. The van der Waals surface area contributed by atoms with E-state index < -0.39 is 11.8 Å². The third-order valence-electron chi connectivity index (χ3n) is 6.86. The first-order valence-corrected chi connectivity index (χ1v) is 12.0. The van der Waals surface area contributed by atoms with Crippen LogP contribution in [-0.4, -0.2) is 65.7 Å². The Hall–Kier alpha value is -2.12. The van der Waals surface area contributed by atoms with Crippen molar-refractivity contribution in [1.29, 1.82) is 0 Å². The molecule has 2 heterocycles. The number of rotatable bonds is 4. The molecular weight excluding hydrogens is 432 g/mol. The van der Waals surface area contributed by atoms with Crippen molar-refractivity contribution < 1.29 is 23.9 Å². The van der Waals surface area contributed by atoms with E-state index in [1.807, 2.05) is 0 Å². The molecule has 0 N–H and O–H groups in total. The van der Waals surface area contributed by atoms with Crippen molar-refractivity contribution in [3.8, 4) is 0 Å². The normalized spacial score (nSPS) is 25.1. The first-order chi connectivity index (χ1) is 15.5. The Bertz CT molecular complexity index is 870. The zero-order valence-electron chi connectivity index (χ0n) is 18.6. The molecule has 1 saturated carbocycles. The summed E-state index contributed by atoms with van der Waals surface area (Å²) in [6.07, 6.45) is 5.83. The van der Waals surface area contributed by atoms with E-state index in [-0.39, 0.29) is 30.3 Å². The zero-order chi connectivity index (χ0) is 22.7. The number of halogens is 1. The molecule has 2 saturated heterocycles. The summed E-state index contributed by atoms with van der Waals surface area (Å²) in [5.74, 6) is -1.03. The Labute approximate surface area is 194 Å². The Kier molecular flexibility index (Phi) is 7.05. The Morgan fingerprint density at radius 3 is 2.62 bits per heavy atom. The third kappa shape index (κ3) is 4.37. The molecule has 2 aliphatic heterocycles. The molecule has 32 heavy (non-hydrogen) atoms. The van der Waals surface area contributed by atoms with E-state index in [1.54, 1.807) is 41.0 Å². The van der Waals surface area contributed by atoms with Gasteiger partial charge in [-0.15, -0.1) is 0 Å². The summed E-state index contributed by atoms with van der Waals surface area (Å²) in [5.41, 5.74) is -0.393. The highest BCUT2D eigenvalue weighted by molar-refractivity contribution is 6.33. The van der Waals surface area contributed by atoms with Crippen LogP contribution in [0.5, 0.6) is 0 Å². The molecule has 8 heteroatoms. The molecule has 3 aliphatic rings. The Balaban J connectivity index is 1.60. The quantitative estimate of drug-likeness (QED) is 0.638. The van der Waals surface area contributed by atoms with Crippen LogP contribution >= 0.6 is 11.6 Å². The minimum Gasteiger partial charge on any atom is -0.466 e. The fourth-order valence-electron chi connectivity index (χ4n) is 5.26. The standard InChI is InChI=1S/C24H31ClN2O5/c1-2-31-23(30)17-9-8-14-26(15-17)22(29)20-16-32-24(12-6-3-7-13-24)27(20)21(28)18-10-4-5-11-19(18)25/h4-5,10-11,17,20H,2-3,6-9,12-16H2,1H3. The molecule has 4 rings (SSSR count). The van der Waals surface area contributed by atoms with Gasteiger partial charge in [-0.1, -0.05) is 30.2 Å². The predicted octanol–water partition coefficient (Wildman–Crippen LogP) is 3.64. The lowest BCUT2D eigenvalue weighted by Gasteiger charge is -2.42. The van der Waals surface area contributed by atoms with Gasteiger partial charge in [0.05, 0.1) is 29.7 Å². The highest BCUT2D eigenvalue weighted by Crippen LogP contribution is 2.42. The highest BCUT2D eigenvalue weighted by Gasteiger charge is 2.54. The van der Waals surface area contributed by atoms with Gasteiger partial charge in [0.2, 0.25) is 5.91 Å². The van der Waals surface area contributed by atoms with Crippen LogP contribution in [0.2, 0.25) is 5.02 Å². The van der Waals surface area contributed by atoms with Gasteiger partial charge < -0.3 is 14.4 Å². The second-order valence-electron chi connectivity index (χ2n) is 8.86. The molecule has 2 atom stereocenters. The molecule has 1 aromatic rings. The molecule has 2 amide bonds. The summed E-state index contributed by atoms with van der Waals surface area (Å²) in [6.45, 7) is 3.14. The zero-order valence-corrected chi connectivity index (χ0v) is 19.3. The van der Waals surface area contributed by atoms with Gasteiger partial charge in [0.1, 0.15) is 11.8 Å². The maximum Gasteiger partial charge on any atom is 0.310 e. The van der Waals surface area contributed by atoms with Crippen molar-refractivity contribution in [2.24, 2.45) is 5.92 Å². The van der Waals surface area contributed by atoms with Crippen molar-refractivity contribution in [3.63, 3.8) is 0 Å². The van der Waals surface area contributed by atoms with Crippen molar-refractivity contribution in [2.45, 2.75) is 63.6 Å². The molecule has 2 unspecified atom stereocenters. The maximum atomic E-state index is 13.7. The monoisotopic (exact) mass is 462 g/mol. The van der Waals surface area contributed by atoms with Crippen LogP contribution in [0, 0.1) is 5.92 Å². The van der Waals surface area contributed by atoms with Crippen molar-refractivity contribution in [3.05, 3.63) is 34.9 Å². The summed E-state index contributed by atoms with van der Waals surface area (Å²) >= 11 is 6.35. The first-order valence-electron chi connectivity index (χ1n) is 11.6. The molecule has 1 aromatic carbocycles. The number of piperidine rings is 1. The average Bonchev–Trinajstić information content (AvgIpc) is 3.17.